The van der Waals surface area contributed by atoms with Gasteiger partial charge >= 0.3 is 0 Å². The average Bonchev–Trinajstić information content (AvgIpc) is 3.14. The lowest BCUT2D eigenvalue weighted by atomic mass is 9.95. The first-order valence-electron chi connectivity index (χ1n) is 9.85. The lowest BCUT2D eigenvalue weighted by Crippen LogP contribution is -2.27. The van der Waals surface area contributed by atoms with E-state index in [4.69, 9.17) is 0 Å². The maximum atomic E-state index is 13.4. The van der Waals surface area contributed by atoms with Crippen molar-refractivity contribution in [3.8, 4) is 0 Å². The van der Waals surface area contributed by atoms with Crippen molar-refractivity contribution in [3.05, 3.63) is 76.8 Å². The predicted octanol–water partition coefficient (Wildman–Crippen LogP) is 4.90. The Balaban J connectivity index is 1.75. The summed E-state index contributed by atoms with van der Waals surface area (Å²) in [6.07, 6.45) is 9.64. The third kappa shape index (κ3) is 2.76. The van der Waals surface area contributed by atoms with Gasteiger partial charge in [0.05, 0.1) is 10.9 Å². The maximum absolute atomic E-state index is 13.4. The van der Waals surface area contributed by atoms with Gasteiger partial charge < -0.3 is 4.57 Å². The summed E-state index contributed by atoms with van der Waals surface area (Å²) in [5.74, 6) is 0. The molecule has 4 nitrogen and oxygen atoms in total. The van der Waals surface area contributed by atoms with E-state index >= 15 is 0 Å². The van der Waals surface area contributed by atoms with Gasteiger partial charge in [0, 0.05) is 30.4 Å². The molecule has 136 valence electrons. The highest BCUT2D eigenvalue weighted by Crippen LogP contribution is 2.31. The third-order valence-electron chi connectivity index (χ3n) is 5.82. The molecule has 0 saturated heterocycles. The van der Waals surface area contributed by atoms with E-state index in [-0.39, 0.29) is 11.6 Å². The van der Waals surface area contributed by atoms with E-state index in [9.17, 15) is 4.79 Å². The van der Waals surface area contributed by atoms with Crippen molar-refractivity contribution in [2.75, 3.05) is 0 Å². The summed E-state index contributed by atoms with van der Waals surface area (Å²) in [5, 5.41) is 1.87. The molecule has 0 unspecified atom stereocenters. The minimum Gasteiger partial charge on any atom is -0.342 e. The largest absolute Gasteiger partial charge is 0.342 e. The second kappa shape index (κ2) is 6.69. The lowest BCUT2D eigenvalue weighted by molar-refractivity contribution is 0.354. The Labute approximate surface area is 158 Å². The molecule has 0 N–H and O–H groups in total. The molecule has 0 aliphatic heterocycles. The van der Waals surface area contributed by atoms with Crippen LogP contribution in [0.25, 0.3) is 21.9 Å². The van der Waals surface area contributed by atoms with Gasteiger partial charge in [-0.1, -0.05) is 49.6 Å². The Kier molecular flexibility index (Phi) is 4.04. The normalized spacial score (nSPS) is 15.6. The van der Waals surface area contributed by atoms with Crippen LogP contribution in [-0.2, 0) is 6.54 Å². The van der Waals surface area contributed by atoms with Crippen LogP contribution in [0.1, 0.15) is 43.7 Å². The fourth-order valence-corrected chi connectivity index (χ4v) is 4.53. The molecule has 3 aromatic heterocycles. The summed E-state index contributed by atoms with van der Waals surface area (Å²) >= 11 is 0. The van der Waals surface area contributed by atoms with Crippen LogP contribution in [0.2, 0.25) is 0 Å². The Hall–Kier alpha value is -2.88. The third-order valence-corrected chi connectivity index (χ3v) is 5.82. The van der Waals surface area contributed by atoms with Crippen LogP contribution in [-0.4, -0.2) is 14.1 Å². The maximum Gasteiger partial charge on any atom is 0.261 e. The van der Waals surface area contributed by atoms with Gasteiger partial charge in [-0.25, -0.2) is 4.98 Å². The van der Waals surface area contributed by atoms with E-state index in [1.807, 2.05) is 29.0 Å². The number of hydrogen-bond acceptors (Lipinski definition) is 2. The Morgan fingerprint density at radius 1 is 0.926 bits per heavy atom. The van der Waals surface area contributed by atoms with Crippen LogP contribution in [0.15, 0.2) is 65.7 Å². The first kappa shape index (κ1) is 16.3. The zero-order valence-corrected chi connectivity index (χ0v) is 15.3. The summed E-state index contributed by atoms with van der Waals surface area (Å²) < 4.78 is 4.16. The Morgan fingerprint density at radius 2 is 1.74 bits per heavy atom. The van der Waals surface area contributed by atoms with E-state index in [1.165, 1.54) is 24.8 Å². The Bertz CT molecular complexity index is 1150. The first-order chi connectivity index (χ1) is 13.3. The summed E-state index contributed by atoms with van der Waals surface area (Å²) in [4.78, 5) is 18.1. The van der Waals surface area contributed by atoms with E-state index in [0.717, 1.165) is 41.3 Å². The average molecular weight is 357 g/mol. The zero-order chi connectivity index (χ0) is 18.2. The molecule has 0 amide bonds. The van der Waals surface area contributed by atoms with Crippen molar-refractivity contribution in [1.29, 1.82) is 0 Å². The molecule has 1 fully saturated rings. The Morgan fingerprint density at radius 3 is 2.56 bits per heavy atom. The molecule has 0 spiro atoms. The molecular formula is C23H23N3O. The fourth-order valence-electron chi connectivity index (χ4n) is 4.53. The second-order valence-electron chi connectivity index (χ2n) is 7.53. The van der Waals surface area contributed by atoms with Gasteiger partial charge in [0.1, 0.15) is 5.65 Å². The van der Waals surface area contributed by atoms with E-state index in [2.05, 4.69) is 39.9 Å². The fraction of sp³-hybridized carbons (Fsp3) is 0.304. The minimum absolute atomic E-state index is 0.106. The quantitative estimate of drug-likeness (QED) is 0.523. The zero-order valence-electron chi connectivity index (χ0n) is 15.3. The van der Waals surface area contributed by atoms with Crippen LogP contribution >= 0.6 is 0 Å². The SMILES string of the molecule is O=c1c2ccn(Cc3ccccc3)c2c2cccnc2n1C1CCCCC1. The van der Waals surface area contributed by atoms with Crippen molar-refractivity contribution in [2.24, 2.45) is 0 Å². The summed E-state index contributed by atoms with van der Waals surface area (Å²) in [6, 6.07) is 16.7. The van der Waals surface area contributed by atoms with E-state index in [0.29, 0.717) is 0 Å². The van der Waals surface area contributed by atoms with Crippen LogP contribution in [0.4, 0.5) is 0 Å². The summed E-state index contributed by atoms with van der Waals surface area (Å²) in [7, 11) is 0. The van der Waals surface area contributed by atoms with Crippen LogP contribution in [0.5, 0.6) is 0 Å². The predicted molar refractivity (Wildman–Crippen MR) is 109 cm³/mol. The number of aromatic nitrogens is 3. The van der Waals surface area contributed by atoms with Gasteiger partial charge in [0.15, 0.2) is 0 Å². The topological polar surface area (TPSA) is 39.8 Å². The molecular weight excluding hydrogens is 334 g/mol. The van der Waals surface area contributed by atoms with Crippen molar-refractivity contribution in [2.45, 2.75) is 44.7 Å². The highest BCUT2D eigenvalue weighted by atomic mass is 16.1. The monoisotopic (exact) mass is 357 g/mol. The van der Waals surface area contributed by atoms with Crippen molar-refractivity contribution >= 4 is 21.9 Å². The number of rotatable bonds is 3. The van der Waals surface area contributed by atoms with Crippen LogP contribution in [0.3, 0.4) is 0 Å². The molecule has 5 rings (SSSR count). The highest BCUT2D eigenvalue weighted by molar-refractivity contribution is 6.02. The van der Waals surface area contributed by atoms with Crippen molar-refractivity contribution in [1.82, 2.24) is 14.1 Å². The molecule has 0 atom stereocenters. The lowest BCUT2D eigenvalue weighted by Gasteiger charge is -2.25. The molecule has 0 radical (unpaired) electrons. The van der Waals surface area contributed by atoms with Gasteiger partial charge in [0.25, 0.3) is 5.56 Å². The second-order valence-corrected chi connectivity index (χ2v) is 7.53. The smallest absolute Gasteiger partial charge is 0.261 e. The van der Waals surface area contributed by atoms with E-state index < -0.39 is 0 Å². The van der Waals surface area contributed by atoms with Gasteiger partial charge in [0.2, 0.25) is 0 Å². The summed E-state index contributed by atoms with van der Waals surface area (Å²) in [5.41, 5.74) is 3.16. The van der Waals surface area contributed by atoms with E-state index in [1.54, 1.807) is 6.20 Å². The number of nitrogens with zero attached hydrogens (tertiary/aromatic N) is 3. The number of benzene rings is 1. The van der Waals surface area contributed by atoms with Gasteiger partial charge in [-0.15, -0.1) is 0 Å². The molecule has 1 aliphatic carbocycles. The minimum atomic E-state index is 0.106. The van der Waals surface area contributed by atoms with Crippen molar-refractivity contribution < 1.29 is 0 Å². The van der Waals surface area contributed by atoms with Gasteiger partial charge in [-0.2, -0.15) is 0 Å². The molecule has 0 bridgehead atoms. The molecule has 1 aliphatic rings. The number of pyridine rings is 2. The molecule has 1 aromatic carbocycles. The molecule has 3 heterocycles. The number of hydrogen-bond donors (Lipinski definition) is 0. The molecule has 4 aromatic rings. The highest BCUT2D eigenvalue weighted by Gasteiger charge is 2.22. The van der Waals surface area contributed by atoms with Gasteiger partial charge in [-0.3, -0.25) is 9.36 Å². The first-order valence-corrected chi connectivity index (χ1v) is 9.85. The standard InChI is InChI=1S/C23H23N3O/c27-23-20-13-15-25(16-17-8-3-1-4-9-17)21(20)19-12-7-14-24-22(19)26(23)18-10-5-2-6-11-18/h1,3-4,7-9,12-15,18H,2,5-6,10-11,16H2. The molecule has 1 saturated carbocycles. The molecule has 27 heavy (non-hydrogen) atoms. The van der Waals surface area contributed by atoms with Crippen LogP contribution < -0.4 is 5.56 Å². The van der Waals surface area contributed by atoms with Crippen LogP contribution in [0, 0.1) is 0 Å². The van der Waals surface area contributed by atoms with Gasteiger partial charge in [-0.05, 0) is 36.6 Å². The molecule has 4 heteroatoms. The van der Waals surface area contributed by atoms with Crippen molar-refractivity contribution in [3.63, 3.8) is 0 Å². The number of fused-ring (bicyclic) bond motifs is 3. The summed E-state index contributed by atoms with van der Waals surface area (Å²) in [6.45, 7) is 0.751.